The Morgan fingerprint density at radius 3 is 2.81 bits per heavy atom. The van der Waals surface area contributed by atoms with E-state index in [0.717, 1.165) is 0 Å². The average Bonchev–Trinajstić information content (AvgIpc) is 3.34. The van der Waals surface area contributed by atoms with Crippen molar-refractivity contribution in [1.82, 2.24) is 19.5 Å². The van der Waals surface area contributed by atoms with Crippen LogP contribution in [0.25, 0.3) is 11.2 Å². The summed E-state index contributed by atoms with van der Waals surface area (Å²) in [6.45, 7) is -4.61. The summed E-state index contributed by atoms with van der Waals surface area (Å²) in [5, 5.41) is 8.06. The van der Waals surface area contributed by atoms with Gasteiger partial charge >= 0.3 is 23.5 Å². The number of phosphoric acid groups is 3. The van der Waals surface area contributed by atoms with Crippen molar-refractivity contribution in [2.75, 3.05) is 12.3 Å². The summed E-state index contributed by atoms with van der Waals surface area (Å²) < 4.78 is 161. The van der Waals surface area contributed by atoms with Gasteiger partial charge in [-0.15, -0.1) is 0 Å². The Balaban J connectivity index is 2.28. The molecule has 2 aromatic heterocycles. The number of aromatic nitrogens is 4. The monoisotopic (exact) mass is 537 g/mol. The van der Waals surface area contributed by atoms with Gasteiger partial charge in [0, 0.05) is 0 Å². The van der Waals surface area contributed by atoms with Crippen LogP contribution >= 0.6 is 23.5 Å². The summed E-state index contributed by atoms with van der Waals surface area (Å²) in [4.78, 5) is 44.5. The fraction of sp³-hybridized carbons (Fsp3) is 0.500. The van der Waals surface area contributed by atoms with Gasteiger partial charge in [-0.2, -0.15) is 13.6 Å². The molecule has 0 bridgehead atoms. The lowest BCUT2D eigenvalue weighted by Crippen LogP contribution is -2.33. The van der Waals surface area contributed by atoms with Gasteiger partial charge in [-0.1, -0.05) is 0 Å². The molecule has 0 aromatic carbocycles. The molecule has 7 atom stereocenters. The van der Waals surface area contributed by atoms with Crippen molar-refractivity contribution < 1.29 is 75.2 Å². The molecule has 3 rings (SSSR count). The second-order valence-electron chi connectivity index (χ2n) is 5.18. The van der Waals surface area contributed by atoms with Crippen LogP contribution in [0.3, 0.4) is 0 Å². The zero-order valence-corrected chi connectivity index (χ0v) is 17.1. The molecule has 1 fully saturated rings. The first-order chi connectivity index (χ1) is 20.7. The fourth-order valence-electron chi connectivity index (χ4n) is 1.94. The van der Waals surface area contributed by atoms with Crippen LogP contribution in [0.5, 0.6) is 0 Å². The van der Waals surface area contributed by atoms with Crippen LogP contribution in [0, 0.1) is 0 Å². The van der Waals surface area contributed by atoms with E-state index in [9.17, 15) is 23.4 Å². The molecule has 180 valence electrons. The molecule has 1 aliphatic rings. The van der Waals surface area contributed by atoms with Crippen LogP contribution in [0.4, 0.5) is 5.95 Å². The Labute approximate surface area is 196 Å². The molecule has 0 amide bonds. The lowest BCUT2D eigenvalue weighted by atomic mass is 10.1. The number of nitrogen functional groups attached to an aromatic ring is 1. The summed E-state index contributed by atoms with van der Waals surface area (Å²) in [6, 6.07) is 0. The number of fused-ring (bicyclic) bond motifs is 1. The van der Waals surface area contributed by atoms with Crippen molar-refractivity contribution >= 4 is 40.6 Å². The molecular formula is C10H16N5O14P3. The topological polar surface area (TPSA) is 299 Å². The lowest BCUT2D eigenvalue weighted by molar-refractivity contribution is -0.0503. The van der Waals surface area contributed by atoms with Crippen LogP contribution in [0.1, 0.15) is 15.8 Å². The first-order valence-electron chi connectivity index (χ1n) is 13.7. The second-order valence-corrected chi connectivity index (χ2v) is 9.44. The Kier molecular flexibility index (Phi) is 3.31. The van der Waals surface area contributed by atoms with Crippen molar-refractivity contribution in [3.05, 3.63) is 16.7 Å². The highest BCUT2D eigenvalue weighted by Crippen LogP contribution is 2.66. The molecule has 4 unspecified atom stereocenters. The minimum Gasteiger partial charge on any atom is -0.387 e. The Bertz CT molecular complexity index is 1740. The number of hydrogen-bond donors (Lipinski definition) is 8. The third kappa shape index (κ3) is 5.67. The summed E-state index contributed by atoms with van der Waals surface area (Å²) in [6.07, 6.45) is -18.5. The largest absolute Gasteiger partial charge is 0.490 e. The van der Waals surface area contributed by atoms with Crippen LogP contribution in [0.15, 0.2) is 11.1 Å². The summed E-state index contributed by atoms with van der Waals surface area (Å²) in [5.41, 5.74) is -4.16. The molecule has 2 aromatic rings. The average molecular weight is 537 g/mol. The molecule has 0 aliphatic carbocycles. The van der Waals surface area contributed by atoms with Gasteiger partial charge in [0.05, 0.1) is 21.1 Å². The molecule has 22 heteroatoms. The Hall–Kier alpha value is -1.56. The summed E-state index contributed by atoms with van der Waals surface area (Å²) >= 11 is 0. The SMILES string of the molecule is [2H]OC1([2H])[C@]([2H])(n2c([2H])nc3c(=O)n([2H])c(N([2H])[2H])nc32)O[C@]([2H])(C([2H])([2H])OP(=O)(O[2H])OP(=O)(O)OP(=O)(O)O[2H])[C@@]1([2H])O[2H]. The van der Waals surface area contributed by atoms with E-state index in [-0.39, 0.29) is 9.54 Å². The molecule has 19 nitrogen and oxygen atoms in total. The van der Waals surface area contributed by atoms with E-state index in [1.165, 1.54) is 0 Å². The van der Waals surface area contributed by atoms with Crippen molar-refractivity contribution in [2.45, 2.75) is 24.4 Å². The van der Waals surface area contributed by atoms with Crippen LogP contribution in [-0.4, -0.2) is 79.8 Å². The zero-order chi connectivity index (χ0) is 35.7. The van der Waals surface area contributed by atoms with E-state index < -0.39 is 89.2 Å². The maximum Gasteiger partial charge on any atom is 0.490 e. The second kappa shape index (κ2) is 8.66. The number of H-pyrrole nitrogens is 1. The summed E-state index contributed by atoms with van der Waals surface area (Å²) in [7, 11) is -18.5. The quantitative estimate of drug-likeness (QED) is 0.124. The molecule has 32 heavy (non-hydrogen) atoms. The van der Waals surface area contributed by atoms with E-state index in [4.69, 9.17) is 29.2 Å². The number of rotatable bonds is 13. The minimum atomic E-state index is -6.42. The zero-order valence-electron chi connectivity index (χ0n) is 28.4. The number of imidazole rings is 1. The first-order valence-corrected chi connectivity index (χ1v) is 11.6. The Morgan fingerprint density at radius 1 is 1.38 bits per heavy atom. The van der Waals surface area contributed by atoms with Crippen molar-refractivity contribution in [3.8, 4) is 0 Å². The smallest absolute Gasteiger partial charge is 0.387 e. The van der Waals surface area contributed by atoms with Crippen molar-refractivity contribution in [3.63, 3.8) is 0 Å². The van der Waals surface area contributed by atoms with Gasteiger partial charge in [0.15, 0.2) is 21.6 Å². The highest BCUT2D eigenvalue weighted by molar-refractivity contribution is 7.66. The molecule has 3 heterocycles. The maximum atomic E-state index is 12.8. The van der Waals surface area contributed by atoms with E-state index >= 15 is 0 Å². The minimum absolute atomic E-state index is 0.167. The number of aromatic amines is 1. The third-order valence-electron chi connectivity index (χ3n) is 2.96. The van der Waals surface area contributed by atoms with Crippen LogP contribution in [0.2, 0.25) is 4.24 Å². The van der Waals surface area contributed by atoms with Crippen LogP contribution in [-0.2, 0) is 31.6 Å². The number of nitrogens with one attached hydrogen (secondary N) is 1. The van der Waals surface area contributed by atoms with Gasteiger partial charge in [-0.05, 0) is 0 Å². The number of anilines is 1. The summed E-state index contributed by atoms with van der Waals surface area (Å²) in [5.74, 6) is -1.18. The number of aliphatic hydroxyl groups is 2. The van der Waals surface area contributed by atoms with Crippen molar-refractivity contribution in [1.29, 1.82) is 5.72 Å². The molecular weight excluding hydrogens is 507 g/mol. The number of ether oxygens (including phenoxy) is 1. The standard InChI is InChI=1S/C10H16N5O14P3/c11-10-13-7-4(8(18)14-10)12-2-15(7)9-6(17)5(16)3(27-9)1-26-31(22,23)29-32(24,25)28-30(19,20)21/h2-3,5-6,9,16-17H,1H2,(H,22,23)(H,24,25)(H2,19,20,21)(H3,11,13,14,18)/t3-,5-,6?,9-/m1/s1/i1D2,2D,3D,5D,6D,9D,16D,17D/hD5. The predicted octanol–water partition coefficient (Wildman–Crippen LogP) is -2.34. The number of nitrogens with zero attached hydrogens (tertiary/aromatic N) is 3. The lowest BCUT2D eigenvalue weighted by Gasteiger charge is -2.19. The Morgan fingerprint density at radius 2 is 2.16 bits per heavy atom. The van der Waals surface area contributed by atoms with Crippen molar-refractivity contribution in [2.24, 2.45) is 0 Å². The van der Waals surface area contributed by atoms with Gasteiger partial charge in [0.2, 0.25) is 11.7 Å². The number of phosphoric ester groups is 1. The van der Waals surface area contributed by atoms with Gasteiger partial charge < -0.3 is 40.3 Å². The fourth-order valence-corrected chi connectivity index (χ4v) is 4.71. The highest BCUT2D eigenvalue weighted by Gasteiger charge is 2.47. The molecule has 1 aliphatic heterocycles. The molecule has 0 spiro atoms. The van der Waals surface area contributed by atoms with Gasteiger partial charge in [-0.25, -0.2) is 18.7 Å². The molecule has 0 saturated carbocycles. The third-order valence-corrected chi connectivity index (χ3v) is 6.55. The highest BCUT2D eigenvalue weighted by atomic mass is 31.3. The van der Waals surface area contributed by atoms with Gasteiger partial charge in [-0.3, -0.25) is 18.9 Å². The molecule has 1 saturated heterocycles. The van der Waals surface area contributed by atoms with E-state index in [1.54, 1.807) is 0 Å². The first kappa shape index (κ1) is 12.2. The van der Waals surface area contributed by atoms with Crippen LogP contribution < -0.4 is 11.3 Å². The molecule has 9 N–H and O–H groups in total. The van der Waals surface area contributed by atoms with E-state index in [2.05, 4.69) is 43.1 Å². The van der Waals surface area contributed by atoms with Gasteiger partial charge in [0.1, 0.15) is 19.6 Å². The van der Waals surface area contributed by atoms with E-state index in [0.29, 0.717) is 0 Å². The predicted molar refractivity (Wildman–Crippen MR) is 98.3 cm³/mol. The van der Waals surface area contributed by atoms with Gasteiger partial charge in [0.25, 0.3) is 5.56 Å². The number of nitrogens with two attached hydrogens (primary N) is 1. The maximum absolute atomic E-state index is 12.8. The normalized spacial score (nSPS) is 45.1. The van der Waals surface area contributed by atoms with E-state index in [1.807, 2.05) is 0 Å². The number of hydrogen-bond acceptors (Lipinski definition) is 15. The molecule has 0 radical (unpaired) electrons.